The lowest BCUT2D eigenvalue weighted by Gasteiger charge is -2.27. The van der Waals surface area contributed by atoms with E-state index in [0.717, 1.165) is 16.7 Å². The summed E-state index contributed by atoms with van der Waals surface area (Å²) in [6.45, 7) is 8.93. The molecule has 0 aliphatic carbocycles. The van der Waals surface area contributed by atoms with Gasteiger partial charge in [-0.15, -0.1) is 0 Å². The zero-order valence-electron chi connectivity index (χ0n) is 11.7. The zero-order chi connectivity index (χ0) is 13.5. The minimum absolute atomic E-state index is 0.575. The van der Waals surface area contributed by atoms with Crippen molar-refractivity contribution < 1.29 is 0 Å². The van der Waals surface area contributed by atoms with E-state index < -0.39 is 0 Å². The van der Waals surface area contributed by atoms with Gasteiger partial charge in [-0.3, -0.25) is 4.90 Å². The largest absolute Gasteiger partial charge is 0.399 e. The highest BCUT2D eigenvalue weighted by molar-refractivity contribution is 9.10. The molecule has 1 aromatic rings. The normalized spacial score (nSPS) is 11.4. The predicted molar refractivity (Wildman–Crippen MR) is 83.6 cm³/mol. The third-order valence-electron chi connectivity index (χ3n) is 3.23. The summed E-state index contributed by atoms with van der Waals surface area (Å²) in [6.07, 6.45) is 3.87. The molecule has 1 aromatic carbocycles. The number of nitrogen functional groups attached to an aromatic ring is 1. The van der Waals surface area contributed by atoms with Gasteiger partial charge in [-0.05, 0) is 44.5 Å². The Hall–Kier alpha value is -0.540. The SMILES string of the molecule is CCCCCN(Cc1ccc(N)cc1Br)C(C)C. The van der Waals surface area contributed by atoms with Gasteiger partial charge in [0.1, 0.15) is 0 Å². The topological polar surface area (TPSA) is 29.3 Å². The highest BCUT2D eigenvalue weighted by Crippen LogP contribution is 2.22. The summed E-state index contributed by atoms with van der Waals surface area (Å²) in [5.41, 5.74) is 7.90. The van der Waals surface area contributed by atoms with Crippen LogP contribution in [0.5, 0.6) is 0 Å². The Balaban J connectivity index is 2.64. The van der Waals surface area contributed by atoms with Crippen molar-refractivity contribution in [3.05, 3.63) is 28.2 Å². The molecule has 0 aliphatic heterocycles. The summed E-state index contributed by atoms with van der Waals surface area (Å²) in [7, 11) is 0. The van der Waals surface area contributed by atoms with Gasteiger partial charge in [0.25, 0.3) is 0 Å². The molecule has 0 heterocycles. The Morgan fingerprint density at radius 2 is 2.00 bits per heavy atom. The number of hydrogen-bond acceptors (Lipinski definition) is 2. The highest BCUT2D eigenvalue weighted by atomic mass is 79.9. The minimum Gasteiger partial charge on any atom is -0.399 e. The molecular formula is C15H25BrN2. The molecule has 0 saturated carbocycles. The third-order valence-corrected chi connectivity index (χ3v) is 3.97. The molecule has 0 bridgehead atoms. The van der Waals surface area contributed by atoms with Crippen molar-refractivity contribution in [2.75, 3.05) is 12.3 Å². The Morgan fingerprint density at radius 3 is 2.56 bits per heavy atom. The Kier molecular flexibility index (Phi) is 6.72. The Bertz CT molecular complexity index is 364. The van der Waals surface area contributed by atoms with Gasteiger partial charge in [-0.25, -0.2) is 0 Å². The van der Waals surface area contributed by atoms with E-state index in [4.69, 9.17) is 5.73 Å². The Labute approximate surface area is 120 Å². The number of rotatable bonds is 7. The Morgan fingerprint density at radius 1 is 1.28 bits per heavy atom. The first kappa shape index (κ1) is 15.5. The molecule has 18 heavy (non-hydrogen) atoms. The van der Waals surface area contributed by atoms with Crippen molar-refractivity contribution in [2.24, 2.45) is 0 Å². The van der Waals surface area contributed by atoms with Gasteiger partial charge in [-0.1, -0.05) is 41.8 Å². The number of hydrogen-bond donors (Lipinski definition) is 1. The van der Waals surface area contributed by atoms with Crippen LogP contribution in [0, 0.1) is 0 Å². The molecular weight excluding hydrogens is 288 g/mol. The second kappa shape index (κ2) is 7.80. The molecule has 0 amide bonds. The molecule has 0 fully saturated rings. The first-order valence-corrected chi connectivity index (χ1v) is 7.61. The fraction of sp³-hybridized carbons (Fsp3) is 0.600. The first-order chi connectivity index (χ1) is 8.54. The fourth-order valence-electron chi connectivity index (χ4n) is 2.00. The smallest absolute Gasteiger partial charge is 0.0325 e. The lowest BCUT2D eigenvalue weighted by atomic mass is 10.1. The lowest BCUT2D eigenvalue weighted by molar-refractivity contribution is 0.208. The maximum Gasteiger partial charge on any atom is 0.0325 e. The zero-order valence-corrected chi connectivity index (χ0v) is 13.3. The summed E-state index contributed by atoms with van der Waals surface area (Å²) in [6, 6.07) is 6.66. The van der Waals surface area contributed by atoms with Crippen molar-refractivity contribution in [1.82, 2.24) is 4.90 Å². The van der Waals surface area contributed by atoms with Crippen LogP contribution in [0.1, 0.15) is 45.6 Å². The van der Waals surface area contributed by atoms with Crippen molar-refractivity contribution >= 4 is 21.6 Å². The average Bonchev–Trinajstić information content (AvgIpc) is 2.30. The van der Waals surface area contributed by atoms with E-state index in [1.54, 1.807) is 0 Å². The van der Waals surface area contributed by atoms with Crippen LogP contribution in [0.2, 0.25) is 0 Å². The molecule has 0 spiro atoms. The van der Waals surface area contributed by atoms with E-state index in [0.29, 0.717) is 6.04 Å². The van der Waals surface area contributed by atoms with E-state index in [1.165, 1.54) is 31.4 Å². The molecule has 102 valence electrons. The molecule has 0 radical (unpaired) electrons. The van der Waals surface area contributed by atoms with E-state index in [-0.39, 0.29) is 0 Å². The van der Waals surface area contributed by atoms with Crippen molar-refractivity contribution in [3.63, 3.8) is 0 Å². The van der Waals surface area contributed by atoms with Crippen molar-refractivity contribution in [1.29, 1.82) is 0 Å². The molecule has 0 saturated heterocycles. The quantitative estimate of drug-likeness (QED) is 0.596. The first-order valence-electron chi connectivity index (χ1n) is 6.82. The molecule has 2 N–H and O–H groups in total. The molecule has 0 unspecified atom stereocenters. The number of unbranched alkanes of at least 4 members (excludes halogenated alkanes) is 2. The minimum atomic E-state index is 0.575. The fourth-order valence-corrected chi connectivity index (χ4v) is 2.52. The van der Waals surface area contributed by atoms with Gasteiger partial charge in [0.05, 0.1) is 0 Å². The summed E-state index contributed by atoms with van der Waals surface area (Å²) < 4.78 is 1.11. The van der Waals surface area contributed by atoms with Crippen molar-refractivity contribution in [3.8, 4) is 0 Å². The summed E-state index contributed by atoms with van der Waals surface area (Å²) in [5, 5.41) is 0. The molecule has 0 atom stereocenters. The van der Waals surface area contributed by atoms with Crippen LogP contribution in [0.25, 0.3) is 0 Å². The monoisotopic (exact) mass is 312 g/mol. The van der Waals surface area contributed by atoms with E-state index in [1.807, 2.05) is 12.1 Å². The summed E-state index contributed by atoms with van der Waals surface area (Å²) in [5.74, 6) is 0. The van der Waals surface area contributed by atoms with E-state index in [2.05, 4.69) is 47.7 Å². The second-order valence-corrected chi connectivity index (χ2v) is 5.98. The van der Waals surface area contributed by atoms with Crippen LogP contribution in [-0.4, -0.2) is 17.5 Å². The van der Waals surface area contributed by atoms with Gasteiger partial charge in [0, 0.05) is 22.7 Å². The molecule has 1 rings (SSSR count). The maximum absolute atomic E-state index is 5.77. The summed E-state index contributed by atoms with van der Waals surface area (Å²) in [4.78, 5) is 2.52. The number of benzene rings is 1. The number of halogens is 1. The van der Waals surface area contributed by atoms with Gasteiger partial charge >= 0.3 is 0 Å². The van der Waals surface area contributed by atoms with Gasteiger partial charge in [-0.2, -0.15) is 0 Å². The molecule has 2 nitrogen and oxygen atoms in total. The highest BCUT2D eigenvalue weighted by Gasteiger charge is 2.11. The van der Waals surface area contributed by atoms with Crippen LogP contribution in [-0.2, 0) is 6.54 Å². The van der Waals surface area contributed by atoms with Gasteiger partial charge in [0.15, 0.2) is 0 Å². The van der Waals surface area contributed by atoms with E-state index in [9.17, 15) is 0 Å². The second-order valence-electron chi connectivity index (χ2n) is 5.12. The number of nitrogens with two attached hydrogens (primary N) is 1. The summed E-state index contributed by atoms with van der Waals surface area (Å²) >= 11 is 3.60. The van der Waals surface area contributed by atoms with Crippen LogP contribution < -0.4 is 5.73 Å². The van der Waals surface area contributed by atoms with Crippen molar-refractivity contribution in [2.45, 2.75) is 52.6 Å². The number of nitrogens with zero attached hydrogens (tertiary/aromatic N) is 1. The maximum atomic E-state index is 5.77. The van der Waals surface area contributed by atoms with Crippen LogP contribution in [0.15, 0.2) is 22.7 Å². The predicted octanol–water partition coefficient (Wildman–Crippen LogP) is 4.43. The standard InChI is InChI=1S/C15H25BrN2/c1-4-5-6-9-18(12(2)3)11-13-7-8-14(17)10-15(13)16/h7-8,10,12H,4-6,9,11,17H2,1-3H3. The average molecular weight is 313 g/mol. The van der Waals surface area contributed by atoms with Crippen LogP contribution in [0.4, 0.5) is 5.69 Å². The van der Waals surface area contributed by atoms with Gasteiger partial charge < -0.3 is 5.73 Å². The number of anilines is 1. The molecule has 0 aliphatic rings. The molecule has 0 aromatic heterocycles. The van der Waals surface area contributed by atoms with Gasteiger partial charge in [0.2, 0.25) is 0 Å². The van der Waals surface area contributed by atoms with Crippen LogP contribution >= 0.6 is 15.9 Å². The van der Waals surface area contributed by atoms with Crippen LogP contribution in [0.3, 0.4) is 0 Å². The van der Waals surface area contributed by atoms with E-state index >= 15 is 0 Å². The third kappa shape index (κ3) is 4.99. The molecule has 3 heteroatoms. The lowest BCUT2D eigenvalue weighted by Crippen LogP contribution is -2.31.